The lowest BCUT2D eigenvalue weighted by molar-refractivity contribution is -0.182. The second kappa shape index (κ2) is 7.47. The zero-order valence-electron chi connectivity index (χ0n) is 13.8. The Balaban J connectivity index is 1.83. The lowest BCUT2D eigenvalue weighted by Gasteiger charge is -2.35. The topological polar surface area (TPSA) is 74.3 Å². The SMILES string of the molecule is O=S(=O)(NCC(N1CCNCC1)C(F)(F)F)c1cccc2cccnc12. The number of benzene rings is 1. The van der Waals surface area contributed by atoms with E-state index in [2.05, 4.69) is 15.0 Å². The van der Waals surface area contributed by atoms with Crippen LogP contribution in [-0.2, 0) is 10.0 Å². The van der Waals surface area contributed by atoms with E-state index in [1.165, 1.54) is 23.2 Å². The first-order valence-electron chi connectivity index (χ1n) is 8.14. The maximum atomic E-state index is 13.4. The predicted molar refractivity (Wildman–Crippen MR) is 91.2 cm³/mol. The van der Waals surface area contributed by atoms with Crippen molar-refractivity contribution < 1.29 is 21.6 Å². The minimum Gasteiger partial charge on any atom is -0.314 e. The third kappa shape index (κ3) is 4.14. The van der Waals surface area contributed by atoms with Crippen LogP contribution in [0.1, 0.15) is 0 Å². The van der Waals surface area contributed by atoms with Crippen LogP contribution >= 0.6 is 0 Å². The van der Waals surface area contributed by atoms with E-state index in [0.29, 0.717) is 18.5 Å². The second-order valence-corrected chi connectivity index (χ2v) is 7.76. The molecule has 2 heterocycles. The molecule has 2 N–H and O–H groups in total. The quantitative estimate of drug-likeness (QED) is 0.809. The van der Waals surface area contributed by atoms with E-state index in [0.717, 1.165) is 0 Å². The maximum Gasteiger partial charge on any atom is 0.405 e. The van der Waals surface area contributed by atoms with Crippen molar-refractivity contribution in [3.8, 4) is 0 Å². The molecule has 2 aromatic rings. The minimum atomic E-state index is -4.53. The highest BCUT2D eigenvalue weighted by Gasteiger charge is 2.44. The second-order valence-electron chi connectivity index (χ2n) is 6.03. The molecule has 0 aliphatic carbocycles. The summed E-state index contributed by atoms with van der Waals surface area (Å²) in [5, 5.41) is 3.59. The first-order chi connectivity index (χ1) is 12.3. The number of nitrogens with zero attached hydrogens (tertiary/aromatic N) is 2. The first-order valence-corrected chi connectivity index (χ1v) is 9.62. The van der Waals surface area contributed by atoms with Gasteiger partial charge in [-0.05, 0) is 12.1 Å². The zero-order valence-corrected chi connectivity index (χ0v) is 14.6. The molecule has 3 rings (SSSR count). The molecule has 1 atom stereocenters. The molecule has 1 aliphatic heterocycles. The van der Waals surface area contributed by atoms with Crippen molar-refractivity contribution in [2.75, 3.05) is 32.7 Å². The van der Waals surface area contributed by atoms with E-state index < -0.39 is 28.8 Å². The average Bonchev–Trinajstić information content (AvgIpc) is 2.61. The van der Waals surface area contributed by atoms with Gasteiger partial charge < -0.3 is 5.32 Å². The highest BCUT2D eigenvalue weighted by atomic mass is 32.2. The summed E-state index contributed by atoms with van der Waals surface area (Å²) in [5.74, 6) is 0. The van der Waals surface area contributed by atoms with Crippen LogP contribution in [0.2, 0.25) is 0 Å². The average molecular weight is 388 g/mol. The number of hydrogen-bond donors (Lipinski definition) is 2. The van der Waals surface area contributed by atoms with Crippen LogP contribution in [0, 0.1) is 0 Å². The number of fused-ring (bicyclic) bond motifs is 1. The van der Waals surface area contributed by atoms with Crippen molar-refractivity contribution in [3.05, 3.63) is 36.5 Å². The van der Waals surface area contributed by atoms with Crippen molar-refractivity contribution >= 4 is 20.9 Å². The van der Waals surface area contributed by atoms with Gasteiger partial charge in [0.15, 0.2) is 0 Å². The van der Waals surface area contributed by atoms with E-state index in [-0.39, 0.29) is 23.5 Å². The summed E-state index contributed by atoms with van der Waals surface area (Å²) < 4.78 is 67.6. The number of hydrogen-bond acceptors (Lipinski definition) is 5. The van der Waals surface area contributed by atoms with Crippen LogP contribution < -0.4 is 10.0 Å². The molecule has 0 saturated carbocycles. The Morgan fingerprint density at radius 3 is 2.58 bits per heavy atom. The number of alkyl halides is 3. The van der Waals surface area contributed by atoms with Gasteiger partial charge in [-0.2, -0.15) is 13.2 Å². The molecule has 1 unspecified atom stereocenters. The van der Waals surface area contributed by atoms with Crippen molar-refractivity contribution in [3.63, 3.8) is 0 Å². The van der Waals surface area contributed by atoms with Crippen LogP contribution in [0.3, 0.4) is 0 Å². The number of nitrogens with one attached hydrogen (secondary N) is 2. The Kier molecular flexibility index (Phi) is 5.47. The summed E-state index contributed by atoms with van der Waals surface area (Å²) in [7, 11) is -4.14. The molecule has 10 heteroatoms. The molecule has 1 fully saturated rings. The largest absolute Gasteiger partial charge is 0.405 e. The van der Waals surface area contributed by atoms with Crippen LogP contribution in [0.25, 0.3) is 10.9 Å². The number of aromatic nitrogens is 1. The minimum absolute atomic E-state index is 0.128. The Hall–Kier alpha value is -1.75. The van der Waals surface area contributed by atoms with Gasteiger partial charge >= 0.3 is 6.18 Å². The van der Waals surface area contributed by atoms with Crippen LogP contribution in [0.5, 0.6) is 0 Å². The first kappa shape index (κ1) is 19.0. The van der Waals surface area contributed by atoms with Gasteiger partial charge in [0, 0.05) is 44.3 Å². The predicted octanol–water partition coefficient (Wildman–Crippen LogP) is 1.35. The molecule has 1 aromatic carbocycles. The summed E-state index contributed by atoms with van der Waals surface area (Å²) in [6.45, 7) is 0.553. The van der Waals surface area contributed by atoms with Gasteiger partial charge in [-0.3, -0.25) is 9.88 Å². The Morgan fingerprint density at radius 1 is 1.19 bits per heavy atom. The molecule has 0 spiro atoms. The summed E-state index contributed by atoms with van der Waals surface area (Å²) in [6, 6.07) is 6.06. The number of sulfonamides is 1. The fourth-order valence-electron chi connectivity index (χ4n) is 3.01. The third-order valence-corrected chi connectivity index (χ3v) is 5.78. The zero-order chi connectivity index (χ0) is 18.8. The van der Waals surface area contributed by atoms with Crippen molar-refractivity contribution in [1.29, 1.82) is 0 Å². The molecule has 0 radical (unpaired) electrons. The van der Waals surface area contributed by atoms with Gasteiger partial charge in [0.05, 0.1) is 5.52 Å². The van der Waals surface area contributed by atoms with E-state index in [9.17, 15) is 21.6 Å². The lowest BCUT2D eigenvalue weighted by atomic mass is 10.2. The molecular weight excluding hydrogens is 369 g/mol. The standard InChI is InChI=1S/C16H19F3N4O2S/c17-16(18,19)14(23-9-7-20-8-10-23)11-22-26(24,25)13-5-1-3-12-4-2-6-21-15(12)13/h1-6,14,20,22H,7-11H2. The lowest BCUT2D eigenvalue weighted by Crippen LogP contribution is -2.57. The summed E-state index contributed by atoms with van der Waals surface area (Å²) in [6.07, 6.45) is -3.09. The van der Waals surface area contributed by atoms with Gasteiger partial charge in [0.2, 0.25) is 10.0 Å². The molecule has 142 valence electrons. The molecule has 0 bridgehead atoms. The van der Waals surface area contributed by atoms with E-state index >= 15 is 0 Å². The summed E-state index contributed by atoms with van der Waals surface area (Å²) in [4.78, 5) is 5.18. The Morgan fingerprint density at radius 2 is 1.88 bits per heavy atom. The van der Waals surface area contributed by atoms with Crippen molar-refractivity contribution in [2.45, 2.75) is 17.1 Å². The van der Waals surface area contributed by atoms with E-state index in [1.807, 2.05) is 0 Å². The van der Waals surface area contributed by atoms with Crippen molar-refractivity contribution in [2.24, 2.45) is 0 Å². The van der Waals surface area contributed by atoms with Crippen LogP contribution in [-0.4, -0.2) is 63.2 Å². The maximum absolute atomic E-state index is 13.4. The molecule has 6 nitrogen and oxygen atoms in total. The molecule has 1 aliphatic rings. The summed E-state index contributed by atoms with van der Waals surface area (Å²) >= 11 is 0. The van der Waals surface area contributed by atoms with Crippen LogP contribution in [0.15, 0.2) is 41.4 Å². The normalized spacial score (nSPS) is 18.1. The highest BCUT2D eigenvalue weighted by molar-refractivity contribution is 7.89. The molecular formula is C16H19F3N4O2S. The Labute approximate surface area is 149 Å². The van der Waals surface area contributed by atoms with Crippen LogP contribution in [0.4, 0.5) is 13.2 Å². The van der Waals surface area contributed by atoms with Crippen molar-refractivity contribution in [1.82, 2.24) is 19.9 Å². The summed E-state index contributed by atoms with van der Waals surface area (Å²) in [5.41, 5.74) is 0.230. The molecule has 1 aromatic heterocycles. The molecule has 1 saturated heterocycles. The Bertz CT molecular complexity index is 862. The fraction of sp³-hybridized carbons (Fsp3) is 0.438. The van der Waals surface area contributed by atoms with Gasteiger partial charge in [0.1, 0.15) is 10.9 Å². The van der Waals surface area contributed by atoms with E-state index in [1.54, 1.807) is 18.2 Å². The van der Waals surface area contributed by atoms with Gasteiger partial charge in [-0.15, -0.1) is 0 Å². The number of pyridine rings is 1. The fourth-order valence-corrected chi connectivity index (χ4v) is 4.22. The number of rotatable bonds is 5. The van der Waals surface area contributed by atoms with Gasteiger partial charge in [-0.25, -0.2) is 13.1 Å². The highest BCUT2D eigenvalue weighted by Crippen LogP contribution is 2.26. The number of piperazine rings is 1. The molecule has 26 heavy (non-hydrogen) atoms. The monoisotopic (exact) mass is 388 g/mol. The molecule has 0 amide bonds. The van der Waals surface area contributed by atoms with Gasteiger partial charge in [0.25, 0.3) is 0 Å². The number of halogens is 3. The third-order valence-electron chi connectivity index (χ3n) is 4.32. The van der Waals surface area contributed by atoms with Gasteiger partial charge in [-0.1, -0.05) is 18.2 Å². The number of para-hydroxylation sites is 1. The smallest absolute Gasteiger partial charge is 0.314 e. The van der Waals surface area contributed by atoms with E-state index in [4.69, 9.17) is 0 Å².